The highest BCUT2D eigenvalue weighted by molar-refractivity contribution is 5.92. The predicted molar refractivity (Wildman–Crippen MR) is 130 cm³/mol. The Kier molecular flexibility index (Phi) is 5.88. The number of benzene rings is 1. The summed E-state index contributed by atoms with van der Waals surface area (Å²) in [5, 5.41) is 10.9. The van der Waals surface area contributed by atoms with E-state index in [1.54, 1.807) is 13.0 Å². The average Bonchev–Trinajstić information content (AvgIpc) is 3.16. The molecule has 0 aliphatic heterocycles. The van der Waals surface area contributed by atoms with Crippen molar-refractivity contribution in [2.45, 2.75) is 59.0 Å². The van der Waals surface area contributed by atoms with Gasteiger partial charge in [0.1, 0.15) is 17.6 Å². The van der Waals surface area contributed by atoms with Crippen LogP contribution in [0.25, 0.3) is 0 Å². The van der Waals surface area contributed by atoms with Gasteiger partial charge in [-0.05, 0) is 79.1 Å². The van der Waals surface area contributed by atoms with E-state index in [0.29, 0.717) is 19.3 Å². The van der Waals surface area contributed by atoms with Crippen LogP contribution in [0.2, 0.25) is 0 Å². The zero-order valence-corrected chi connectivity index (χ0v) is 20.8. The monoisotopic (exact) mass is 493 g/mol. The minimum absolute atomic E-state index is 0.0463. The Bertz CT molecular complexity index is 1180. The van der Waals surface area contributed by atoms with Crippen LogP contribution in [0.1, 0.15) is 52.9 Å². The minimum atomic E-state index is -0.873. The number of carbonyl (C=O) groups excluding carboxylic acids is 3. The predicted octanol–water partition coefficient (Wildman–Crippen LogP) is 5.60. The van der Waals surface area contributed by atoms with E-state index in [4.69, 9.17) is 9.47 Å². The van der Waals surface area contributed by atoms with Gasteiger partial charge in [0.2, 0.25) is 0 Å². The molecule has 0 heterocycles. The summed E-state index contributed by atoms with van der Waals surface area (Å²) in [4.78, 5) is 48.2. The maximum Gasteiger partial charge on any atom is 0.514 e. The summed E-state index contributed by atoms with van der Waals surface area (Å²) in [5.41, 5.74) is 0.232. The first-order valence-electron chi connectivity index (χ1n) is 12.6. The lowest BCUT2D eigenvalue weighted by molar-refractivity contribution is -0.384. The molecule has 0 amide bonds. The van der Waals surface area contributed by atoms with Gasteiger partial charge in [-0.2, -0.15) is 0 Å². The van der Waals surface area contributed by atoms with Crippen LogP contribution in [0.15, 0.2) is 48.1 Å². The van der Waals surface area contributed by atoms with E-state index >= 15 is 0 Å². The van der Waals surface area contributed by atoms with Crippen molar-refractivity contribution in [3.63, 3.8) is 0 Å². The van der Waals surface area contributed by atoms with Gasteiger partial charge >= 0.3 is 6.16 Å². The van der Waals surface area contributed by atoms with Gasteiger partial charge in [0.15, 0.2) is 5.78 Å². The van der Waals surface area contributed by atoms with Gasteiger partial charge in [-0.3, -0.25) is 19.7 Å². The molecule has 8 heteroatoms. The number of nitrogens with zero attached hydrogens (tertiary/aromatic N) is 1. The van der Waals surface area contributed by atoms with Gasteiger partial charge in [0, 0.05) is 30.4 Å². The Hall–Kier alpha value is -3.29. The zero-order chi connectivity index (χ0) is 25.8. The van der Waals surface area contributed by atoms with Crippen LogP contribution in [-0.4, -0.2) is 28.7 Å². The first-order chi connectivity index (χ1) is 17.0. The van der Waals surface area contributed by atoms with E-state index in [0.717, 1.165) is 18.4 Å². The number of hydrogen-bond acceptors (Lipinski definition) is 7. The second-order valence-corrected chi connectivity index (χ2v) is 11.3. The number of nitro benzene ring substituents is 1. The summed E-state index contributed by atoms with van der Waals surface area (Å²) < 4.78 is 11.4. The number of carbonyl (C=O) groups is 3. The summed E-state index contributed by atoms with van der Waals surface area (Å²) in [6, 6.07) is 5.26. The van der Waals surface area contributed by atoms with E-state index in [2.05, 4.69) is 26.0 Å². The lowest BCUT2D eigenvalue weighted by Crippen LogP contribution is -2.57. The maximum atomic E-state index is 13.0. The van der Waals surface area contributed by atoms with Crippen molar-refractivity contribution in [1.29, 1.82) is 0 Å². The molecule has 4 aliphatic rings. The molecular weight excluding hydrogens is 462 g/mol. The van der Waals surface area contributed by atoms with Gasteiger partial charge < -0.3 is 9.47 Å². The Morgan fingerprint density at radius 3 is 2.53 bits per heavy atom. The van der Waals surface area contributed by atoms with Crippen molar-refractivity contribution in [3.05, 3.63) is 58.2 Å². The molecule has 36 heavy (non-hydrogen) atoms. The Morgan fingerprint density at radius 2 is 1.86 bits per heavy atom. The van der Waals surface area contributed by atoms with Gasteiger partial charge in [-0.15, -0.1) is 0 Å². The van der Waals surface area contributed by atoms with Gasteiger partial charge in [0.25, 0.3) is 5.69 Å². The summed E-state index contributed by atoms with van der Waals surface area (Å²) in [7, 11) is 0. The Balaban J connectivity index is 1.47. The van der Waals surface area contributed by atoms with Crippen LogP contribution in [0, 0.1) is 44.6 Å². The fraction of sp³-hybridized carbons (Fsp3) is 0.536. The third kappa shape index (κ3) is 3.87. The van der Waals surface area contributed by atoms with E-state index < -0.39 is 17.2 Å². The van der Waals surface area contributed by atoms with Gasteiger partial charge in [0.05, 0.1) is 4.92 Å². The molecule has 4 aliphatic carbocycles. The van der Waals surface area contributed by atoms with Gasteiger partial charge in [-0.1, -0.05) is 26.0 Å². The molecule has 1 aromatic rings. The van der Waals surface area contributed by atoms with Gasteiger partial charge in [-0.25, -0.2) is 4.79 Å². The van der Waals surface area contributed by atoms with Crippen LogP contribution in [-0.2, 0) is 14.3 Å². The standard InChI is InChI=1S/C28H31NO7/c1-16(30)22-10-11-23-21-9-4-17-14-19(31)12-13-27(17,2)25(21)24(15-28(22,23)3)36-26(32)35-20-7-5-18(6-8-20)29(33)34/h4-9,14,21-25H,10-13,15H2,1-3H3/t21?,22-,23+,24?,25?,27-,28?/m1/s1. The summed E-state index contributed by atoms with van der Waals surface area (Å²) in [6.45, 7) is 5.95. The normalized spacial score (nSPS) is 36.7. The lowest BCUT2D eigenvalue weighted by atomic mass is 9.47. The first-order valence-corrected chi connectivity index (χ1v) is 12.6. The van der Waals surface area contributed by atoms with Crippen LogP contribution in [0.5, 0.6) is 5.75 Å². The molecule has 0 saturated heterocycles. The lowest BCUT2D eigenvalue weighted by Gasteiger charge is -2.58. The summed E-state index contributed by atoms with van der Waals surface area (Å²) >= 11 is 0. The van der Waals surface area contributed by atoms with Crippen LogP contribution in [0.3, 0.4) is 0 Å². The molecule has 0 bridgehead atoms. The molecule has 0 radical (unpaired) electrons. The van der Waals surface area contributed by atoms with Crippen LogP contribution in [0.4, 0.5) is 10.5 Å². The Morgan fingerprint density at radius 1 is 1.14 bits per heavy atom. The molecule has 0 N–H and O–H groups in total. The molecule has 2 saturated carbocycles. The first kappa shape index (κ1) is 24.4. The fourth-order valence-corrected chi connectivity index (χ4v) is 7.75. The molecule has 2 fully saturated rings. The van der Waals surface area contributed by atoms with Crippen molar-refractivity contribution < 1.29 is 28.8 Å². The number of allylic oxidation sites excluding steroid dienone is 4. The largest absolute Gasteiger partial charge is 0.514 e. The van der Waals surface area contributed by atoms with Crippen molar-refractivity contribution in [1.82, 2.24) is 0 Å². The number of non-ortho nitro benzene ring substituents is 1. The van der Waals surface area contributed by atoms with Crippen LogP contribution >= 0.6 is 0 Å². The highest BCUT2D eigenvalue weighted by atomic mass is 16.7. The van der Waals surface area contributed by atoms with E-state index in [-0.39, 0.29) is 57.5 Å². The molecule has 190 valence electrons. The smallest absolute Gasteiger partial charge is 0.430 e. The maximum absolute atomic E-state index is 13.0. The number of fused-ring (bicyclic) bond motifs is 5. The van der Waals surface area contributed by atoms with Crippen molar-refractivity contribution in [2.75, 3.05) is 0 Å². The highest BCUT2D eigenvalue weighted by Gasteiger charge is 2.63. The highest BCUT2D eigenvalue weighted by Crippen LogP contribution is 2.65. The van der Waals surface area contributed by atoms with Crippen molar-refractivity contribution in [2.24, 2.45) is 34.5 Å². The van der Waals surface area contributed by atoms with Crippen molar-refractivity contribution in [3.8, 4) is 5.75 Å². The topological polar surface area (TPSA) is 113 Å². The second-order valence-electron chi connectivity index (χ2n) is 11.3. The minimum Gasteiger partial charge on any atom is -0.430 e. The zero-order valence-electron chi connectivity index (χ0n) is 20.8. The third-order valence-electron chi connectivity index (χ3n) is 9.42. The Labute approximate surface area is 209 Å². The molecule has 5 rings (SSSR count). The fourth-order valence-electron chi connectivity index (χ4n) is 7.75. The average molecular weight is 494 g/mol. The van der Waals surface area contributed by atoms with E-state index in [9.17, 15) is 24.5 Å². The quantitative estimate of drug-likeness (QED) is 0.232. The van der Waals surface area contributed by atoms with Crippen LogP contribution < -0.4 is 4.74 Å². The number of Topliss-reactive ketones (excluding diaryl/α,β-unsaturated/α-hetero) is 1. The number of rotatable bonds is 4. The SMILES string of the molecule is CC(=O)[C@H]1CC[C@H]2C3C=CC4=CC(=O)CC[C@@]4(C)C3C(OC(=O)Oc3ccc([N+](=O)[O-])cc3)CC12C. The summed E-state index contributed by atoms with van der Waals surface area (Å²) in [5.74, 6) is 0.693. The number of nitro groups is 1. The number of hydrogen-bond donors (Lipinski definition) is 0. The number of ketones is 2. The molecule has 0 spiro atoms. The third-order valence-corrected chi connectivity index (χ3v) is 9.42. The van der Waals surface area contributed by atoms with E-state index in [1.807, 2.05) is 0 Å². The molecule has 8 nitrogen and oxygen atoms in total. The van der Waals surface area contributed by atoms with Crippen molar-refractivity contribution >= 4 is 23.4 Å². The molecular formula is C28H31NO7. The number of ether oxygens (including phenoxy) is 2. The molecule has 1 aromatic carbocycles. The second kappa shape index (κ2) is 8.68. The molecule has 0 aromatic heterocycles. The molecule has 4 unspecified atom stereocenters. The summed E-state index contributed by atoms with van der Waals surface area (Å²) in [6.07, 6.45) is 8.03. The molecule has 7 atom stereocenters. The van der Waals surface area contributed by atoms with E-state index in [1.165, 1.54) is 24.3 Å².